The summed E-state index contributed by atoms with van der Waals surface area (Å²) in [6.07, 6.45) is 0. The standard InChI is InChI=1S/C8H11N3O2/c1-2-10(9)7-3-5-8(6-4-7)11(12)13/h3-6H,2,9H2,1H3. The van der Waals surface area contributed by atoms with Crippen molar-refractivity contribution in [3.8, 4) is 0 Å². The van der Waals surface area contributed by atoms with Gasteiger partial charge in [0.1, 0.15) is 0 Å². The molecule has 2 N–H and O–H groups in total. The van der Waals surface area contributed by atoms with E-state index in [1.54, 1.807) is 12.1 Å². The molecule has 0 spiro atoms. The summed E-state index contributed by atoms with van der Waals surface area (Å²) < 4.78 is 0. The molecule has 0 fully saturated rings. The zero-order chi connectivity index (χ0) is 9.84. The van der Waals surface area contributed by atoms with Crippen molar-refractivity contribution in [3.63, 3.8) is 0 Å². The highest BCUT2D eigenvalue weighted by Crippen LogP contribution is 2.16. The first-order valence-electron chi connectivity index (χ1n) is 3.92. The minimum atomic E-state index is -0.434. The van der Waals surface area contributed by atoms with Crippen LogP contribution in [0.1, 0.15) is 6.92 Å². The van der Waals surface area contributed by atoms with Crippen molar-refractivity contribution in [2.24, 2.45) is 5.84 Å². The second-order valence-electron chi connectivity index (χ2n) is 2.56. The van der Waals surface area contributed by atoms with Gasteiger partial charge in [-0.25, -0.2) is 5.84 Å². The van der Waals surface area contributed by atoms with Crippen LogP contribution in [0.4, 0.5) is 11.4 Å². The summed E-state index contributed by atoms with van der Waals surface area (Å²) in [5, 5.41) is 11.8. The van der Waals surface area contributed by atoms with Crippen LogP contribution in [0.25, 0.3) is 0 Å². The third kappa shape index (κ3) is 2.16. The molecule has 70 valence electrons. The lowest BCUT2D eigenvalue weighted by Crippen LogP contribution is -2.29. The molecule has 0 radical (unpaired) electrons. The Bertz CT molecular complexity index is 297. The highest BCUT2D eigenvalue weighted by Gasteiger charge is 2.05. The Morgan fingerprint density at radius 1 is 1.46 bits per heavy atom. The van der Waals surface area contributed by atoms with E-state index in [4.69, 9.17) is 5.84 Å². The summed E-state index contributed by atoms with van der Waals surface area (Å²) in [5.74, 6) is 5.58. The van der Waals surface area contributed by atoms with E-state index in [1.165, 1.54) is 17.1 Å². The highest BCUT2D eigenvalue weighted by atomic mass is 16.6. The van der Waals surface area contributed by atoms with Crippen LogP contribution in [0.5, 0.6) is 0 Å². The zero-order valence-corrected chi connectivity index (χ0v) is 7.30. The largest absolute Gasteiger partial charge is 0.311 e. The Hall–Kier alpha value is -1.62. The average Bonchev–Trinajstić information content (AvgIpc) is 2.17. The molecule has 1 aromatic rings. The van der Waals surface area contributed by atoms with Gasteiger partial charge in [-0.05, 0) is 19.1 Å². The molecule has 0 aliphatic carbocycles. The van der Waals surface area contributed by atoms with Gasteiger partial charge >= 0.3 is 0 Å². The van der Waals surface area contributed by atoms with E-state index in [9.17, 15) is 10.1 Å². The van der Waals surface area contributed by atoms with E-state index in [2.05, 4.69) is 0 Å². The van der Waals surface area contributed by atoms with Crippen molar-refractivity contribution >= 4 is 11.4 Å². The van der Waals surface area contributed by atoms with E-state index in [-0.39, 0.29) is 5.69 Å². The lowest BCUT2D eigenvalue weighted by molar-refractivity contribution is -0.384. The smallest absolute Gasteiger partial charge is 0.269 e. The molecule has 1 rings (SSSR count). The number of hydrogen-bond acceptors (Lipinski definition) is 4. The monoisotopic (exact) mass is 181 g/mol. The molecule has 0 unspecified atom stereocenters. The van der Waals surface area contributed by atoms with Crippen molar-refractivity contribution in [2.45, 2.75) is 6.92 Å². The number of anilines is 1. The van der Waals surface area contributed by atoms with Gasteiger partial charge in [0.15, 0.2) is 0 Å². The molecule has 0 saturated carbocycles. The number of rotatable bonds is 3. The van der Waals surface area contributed by atoms with Gasteiger partial charge in [0.05, 0.1) is 10.6 Å². The first kappa shape index (κ1) is 9.47. The number of nitro benzene ring substituents is 1. The molecular formula is C8H11N3O2. The minimum absolute atomic E-state index is 0.0771. The Balaban J connectivity index is 2.87. The van der Waals surface area contributed by atoms with Gasteiger partial charge in [-0.3, -0.25) is 10.1 Å². The lowest BCUT2D eigenvalue weighted by Gasteiger charge is -2.15. The maximum absolute atomic E-state index is 10.3. The molecule has 0 heterocycles. The van der Waals surface area contributed by atoms with Gasteiger partial charge in [0, 0.05) is 18.7 Å². The van der Waals surface area contributed by atoms with Gasteiger partial charge in [0.25, 0.3) is 5.69 Å². The van der Waals surface area contributed by atoms with E-state index < -0.39 is 4.92 Å². The lowest BCUT2D eigenvalue weighted by atomic mass is 10.3. The number of benzene rings is 1. The second-order valence-corrected chi connectivity index (χ2v) is 2.56. The van der Waals surface area contributed by atoms with Gasteiger partial charge in [-0.15, -0.1) is 0 Å². The van der Waals surface area contributed by atoms with Crippen LogP contribution >= 0.6 is 0 Å². The average molecular weight is 181 g/mol. The maximum Gasteiger partial charge on any atom is 0.269 e. The fourth-order valence-corrected chi connectivity index (χ4v) is 0.948. The van der Waals surface area contributed by atoms with Crippen molar-refractivity contribution in [2.75, 3.05) is 11.6 Å². The van der Waals surface area contributed by atoms with Crippen LogP contribution in [0.2, 0.25) is 0 Å². The van der Waals surface area contributed by atoms with Gasteiger partial charge < -0.3 is 5.01 Å². The van der Waals surface area contributed by atoms with Crippen molar-refractivity contribution in [3.05, 3.63) is 34.4 Å². The number of nitrogens with two attached hydrogens (primary N) is 1. The fraction of sp³-hybridized carbons (Fsp3) is 0.250. The third-order valence-electron chi connectivity index (χ3n) is 1.73. The first-order chi connectivity index (χ1) is 6.15. The van der Waals surface area contributed by atoms with Crippen molar-refractivity contribution < 1.29 is 4.92 Å². The number of nitrogens with zero attached hydrogens (tertiary/aromatic N) is 2. The van der Waals surface area contributed by atoms with Crippen LogP contribution in [0.3, 0.4) is 0 Å². The fourth-order valence-electron chi connectivity index (χ4n) is 0.948. The molecular weight excluding hydrogens is 170 g/mol. The molecule has 0 atom stereocenters. The van der Waals surface area contributed by atoms with Crippen molar-refractivity contribution in [1.82, 2.24) is 0 Å². The summed E-state index contributed by atoms with van der Waals surface area (Å²) in [6, 6.07) is 6.12. The number of hydrazine groups is 1. The quantitative estimate of drug-likeness (QED) is 0.433. The van der Waals surface area contributed by atoms with Crippen LogP contribution < -0.4 is 10.9 Å². The van der Waals surface area contributed by atoms with Crippen LogP contribution in [-0.4, -0.2) is 11.5 Å². The number of hydrogen-bond donors (Lipinski definition) is 1. The molecule has 0 aliphatic rings. The van der Waals surface area contributed by atoms with Crippen molar-refractivity contribution in [1.29, 1.82) is 0 Å². The molecule has 1 aromatic carbocycles. The SMILES string of the molecule is CCN(N)c1ccc([N+](=O)[O-])cc1. The molecule has 0 saturated heterocycles. The minimum Gasteiger partial charge on any atom is -0.311 e. The van der Waals surface area contributed by atoms with Crippen LogP contribution in [0, 0.1) is 10.1 Å². The topological polar surface area (TPSA) is 72.4 Å². The third-order valence-corrected chi connectivity index (χ3v) is 1.73. The normalized spacial score (nSPS) is 9.69. The Morgan fingerprint density at radius 3 is 2.38 bits per heavy atom. The first-order valence-corrected chi connectivity index (χ1v) is 3.92. The molecule has 0 bridgehead atoms. The van der Waals surface area contributed by atoms with E-state index in [1.807, 2.05) is 6.92 Å². The van der Waals surface area contributed by atoms with E-state index in [0.29, 0.717) is 6.54 Å². The second kappa shape index (κ2) is 3.86. The van der Waals surface area contributed by atoms with Gasteiger partial charge in [-0.1, -0.05) is 0 Å². The predicted molar refractivity (Wildman–Crippen MR) is 50.3 cm³/mol. The molecule has 5 heteroatoms. The highest BCUT2D eigenvalue weighted by molar-refractivity contribution is 5.49. The van der Waals surface area contributed by atoms with Crippen LogP contribution in [-0.2, 0) is 0 Å². The maximum atomic E-state index is 10.3. The number of non-ortho nitro benzene ring substituents is 1. The molecule has 0 aliphatic heterocycles. The van der Waals surface area contributed by atoms with Crippen LogP contribution in [0.15, 0.2) is 24.3 Å². The Morgan fingerprint density at radius 2 is 2.00 bits per heavy atom. The van der Waals surface area contributed by atoms with E-state index >= 15 is 0 Å². The van der Waals surface area contributed by atoms with E-state index in [0.717, 1.165) is 5.69 Å². The Labute approximate surface area is 75.9 Å². The summed E-state index contributed by atoms with van der Waals surface area (Å²) in [4.78, 5) is 9.88. The zero-order valence-electron chi connectivity index (χ0n) is 7.30. The summed E-state index contributed by atoms with van der Waals surface area (Å²) in [5.41, 5.74) is 0.848. The predicted octanol–water partition coefficient (Wildman–Crippen LogP) is 1.29. The molecule has 0 aromatic heterocycles. The summed E-state index contributed by atoms with van der Waals surface area (Å²) in [7, 11) is 0. The molecule has 5 nitrogen and oxygen atoms in total. The van der Waals surface area contributed by atoms with Gasteiger partial charge in [0.2, 0.25) is 0 Å². The van der Waals surface area contributed by atoms with Gasteiger partial charge in [-0.2, -0.15) is 0 Å². The Kier molecular flexibility index (Phi) is 2.81. The number of nitro groups is 1. The molecule has 13 heavy (non-hydrogen) atoms. The molecule has 0 amide bonds. The summed E-state index contributed by atoms with van der Waals surface area (Å²) in [6.45, 7) is 2.57. The summed E-state index contributed by atoms with van der Waals surface area (Å²) >= 11 is 0.